The van der Waals surface area contributed by atoms with Crippen LogP contribution < -0.4 is 5.32 Å². The number of carbonyl (C=O) groups is 1. The van der Waals surface area contributed by atoms with Gasteiger partial charge in [-0.1, -0.05) is 6.92 Å². The molecule has 2 aromatic rings. The first-order valence-corrected chi connectivity index (χ1v) is 7.12. The van der Waals surface area contributed by atoms with E-state index in [2.05, 4.69) is 19.7 Å². The van der Waals surface area contributed by atoms with Gasteiger partial charge in [0.25, 0.3) is 5.91 Å². The summed E-state index contributed by atoms with van der Waals surface area (Å²) in [7, 11) is 0. The van der Waals surface area contributed by atoms with Crippen molar-refractivity contribution in [3.05, 3.63) is 24.5 Å². The van der Waals surface area contributed by atoms with Crippen LogP contribution in [0.1, 0.15) is 20.3 Å². The van der Waals surface area contributed by atoms with Crippen LogP contribution in [-0.4, -0.2) is 33.0 Å². The normalized spacial score (nSPS) is 12.1. The predicted molar refractivity (Wildman–Crippen MR) is 77.5 cm³/mol. The van der Waals surface area contributed by atoms with Crippen LogP contribution in [0.2, 0.25) is 0 Å². The summed E-state index contributed by atoms with van der Waals surface area (Å²) in [5, 5.41) is 3.14. The lowest BCUT2D eigenvalue weighted by molar-refractivity contribution is -0.122. The molecule has 0 saturated heterocycles. The van der Waals surface area contributed by atoms with Gasteiger partial charge in [0.2, 0.25) is 5.13 Å². The molecule has 0 fully saturated rings. The van der Waals surface area contributed by atoms with Crippen molar-refractivity contribution < 1.29 is 9.53 Å². The van der Waals surface area contributed by atoms with Crippen LogP contribution >= 0.6 is 11.5 Å². The molecule has 1 N–H and O–H groups in total. The Kier molecular flexibility index (Phi) is 5.14. The van der Waals surface area contributed by atoms with Gasteiger partial charge in [0.15, 0.2) is 5.82 Å². The zero-order valence-electron chi connectivity index (χ0n) is 11.4. The van der Waals surface area contributed by atoms with E-state index in [1.54, 1.807) is 12.4 Å². The molecule has 6 nitrogen and oxygen atoms in total. The second-order valence-electron chi connectivity index (χ2n) is 4.24. The Morgan fingerprint density at radius 2 is 2.20 bits per heavy atom. The lowest BCUT2D eigenvalue weighted by Gasteiger charge is -2.09. The Morgan fingerprint density at radius 1 is 1.45 bits per heavy atom. The summed E-state index contributed by atoms with van der Waals surface area (Å²) in [6.45, 7) is 3.97. The highest BCUT2D eigenvalue weighted by Gasteiger charge is 2.10. The topological polar surface area (TPSA) is 77.0 Å². The Morgan fingerprint density at radius 3 is 2.90 bits per heavy atom. The maximum atomic E-state index is 11.7. The smallest absolute Gasteiger partial charge is 0.252 e. The average molecular weight is 292 g/mol. The number of amides is 1. The molecule has 2 aromatic heterocycles. The Hall–Kier alpha value is -1.86. The fourth-order valence-electron chi connectivity index (χ4n) is 1.38. The molecule has 20 heavy (non-hydrogen) atoms. The van der Waals surface area contributed by atoms with Crippen LogP contribution in [0.15, 0.2) is 24.5 Å². The molecule has 0 bridgehead atoms. The van der Waals surface area contributed by atoms with Crippen LogP contribution in [-0.2, 0) is 9.53 Å². The van der Waals surface area contributed by atoms with Crippen LogP contribution in [0, 0.1) is 0 Å². The first-order valence-electron chi connectivity index (χ1n) is 6.34. The van der Waals surface area contributed by atoms with Crippen molar-refractivity contribution in [3.63, 3.8) is 0 Å². The van der Waals surface area contributed by atoms with Gasteiger partial charge in [0.1, 0.15) is 6.61 Å². The molecule has 0 aliphatic carbocycles. The minimum atomic E-state index is -0.220. The van der Waals surface area contributed by atoms with Crippen molar-refractivity contribution >= 4 is 22.6 Å². The zero-order chi connectivity index (χ0) is 14.4. The van der Waals surface area contributed by atoms with E-state index in [0.717, 1.165) is 23.5 Å². The summed E-state index contributed by atoms with van der Waals surface area (Å²) < 4.78 is 9.55. The fourth-order valence-corrected chi connectivity index (χ4v) is 1.99. The van der Waals surface area contributed by atoms with Gasteiger partial charge < -0.3 is 4.74 Å². The average Bonchev–Trinajstić information content (AvgIpc) is 2.94. The molecule has 106 valence electrons. The van der Waals surface area contributed by atoms with Crippen molar-refractivity contribution in [1.82, 2.24) is 14.3 Å². The highest BCUT2D eigenvalue weighted by molar-refractivity contribution is 7.10. The molecule has 1 atom stereocenters. The molecule has 0 aliphatic rings. The van der Waals surface area contributed by atoms with Gasteiger partial charge in [0.05, 0.1) is 6.10 Å². The lowest BCUT2D eigenvalue weighted by atomic mass is 10.3. The van der Waals surface area contributed by atoms with E-state index in [-0.39, 0.29) is 18.6 Å². The second kappa shape index (κ2) is 7.06. The molecule has 0 spiro atoms. The number of ether oxygens (including phenoxy) is 1. The quantitative estimate of drug-likeness (QED) is 0.884. The van der Waals surface area contributed by atoms with Crippen molar-refractivity contribution in [1.29, 1.82) is 0 Å². The second-order valence-corrected chi connectivity index (χ2v) is 4.99. The molecule has 0 aliphatic heterocycles. The number of aromatic nitrogens is 3. The van der Waals surface area contributed by atoms with E-state index in [0.29, 0.717) is 11.0 Å². The highest BCUT2D eigenvalue weighted by atomic mass is 32.1. The molecule has 0 aromatic carbocycles. The number of nitrogens with one attached hydrogen (secondary N) is 1. The minimum absolute atomic E-state index is 0.0270. The molecular formula is C13H16N4O2S. The van der Waals surface area contributed by atoms with E-state index in [4.69, 9.17) is 4.74 Å². The van der Waals surface area contributed by atoms with Gasteiger partial charge in [-0.25, -0.2) is 0 Å². The van der Waals surface area contributed by atoms with E-state index >= 15 is 0 Å². The van der Waals surface area contributed by atoms with Crippen molar-refractivity contribution in [3.8, 4) is 11.4 Å². The molecule has 0 saturated carbocycles. The van der Waals surface area contributed by atoms with Gasteiger partial charge in [-0.3, -0.25) is 15.1 Å². The summed E-state index contributed by atoms with van der Waals surface area (Å²) in [5.41, 5.74) is 0.868. The summed E-state index contributed by atoms with van der Waals surface area (Å²) in [6.07, 6.45) is 4.30. The maximum Gasteiger partial charge on any atom is 0.252 e. The fraction of sp³-hybridized carbons (Fsp3) is 0.385. The molecular weight excluding hydrogens is 276 g/mol. The monoisotopic (exact) mass is 292 g/mol. The standard InChI is InChI=1S/C13H16N4O2S/c1-3-9(2)19-8-11(18)15-13-16-12(17-20-13)10-4-6-14-7-5-10/h4-7,9H,3,8H2,1-2H3,(H,15,16,17,18)/t9-/m0/s1. The predicted octanol–water partition coefficient (Wildman–Crippen LogP) is 2.35. The maximum absolute atomic E-state index is 11.7. The number of pyridine rings is 1. The molecule has 1 amide bonds. The largest absolute Gasteiger partial charge is 0.369 e. The van der Waals surface area contributed by atoms with Gasteiger partial charge in [-0.15, -0.1) is 0 Å². The van der Waals surface area contributed by atoms with Crippen LogP contribution in [0.5, 0.6) is 0 Å². The third kappa shape index (κ3) is 4.07. The first-order chi connectivity index (χ1) is 9.69. The van der Waals surface area contributed by atoms with Crippen molar-refractivity contribution in [2.45, 2.75) is 26.4 Å². The van der Waals surface area contributed by atoms with E-state index in [9.17, 15) is 4.79 Å². The highest BCUT2D eigenvalue weighted by Crippen LogP contribution is 2.20. The molecule has 2 heterocycles. The van der Waals surface area contributed by atoms with E-state index in [1.807, 2.05) is 26.0 Å². The zero-order valence-corrected chi connectivity index (χ0v) is 12.2. The summed E-state index contributed by atoms with van der Waals surface area (Å²) >= 11 is 1.14. The van der Waals surface area contributed by atoms with Gasteiger partial charge in [-0.05, 0) is 25.5 Å². The first kappa shape index (κ1) is 14.5. The van der Waals surface area contributed by atoms with Gasteiger partial charge >= 0.3 is 0 Å². The van der Waals surface area contributed by atoms with Gasteiger partial charge in [-0.2, -0.15) is 9.36 Å². The number of anilines is 1. The van der Waals surface area contributed by atoms with Crippen LogP contribution in [0.25, 0.3) is 11.4 Å². The number of rotatable bonds is 6. The molecule has 0 unspecified atom stereocenters. The number of hydrogen-bond donors (Lipinski definition) is 1. The Bertz CT molecular complexity index is 559. The number of carbonyl (C=O) groups excluding carboxylic acids is 1. The number of nitrogens with zero attached hydrogens (tertiary/aromatic N) is 3. The van der Waals surface area contributed by atoms with Crippen molar-refractivity contribution in [2.24, 2.45) is 0 Å². The van der Waals surface area contributed by atoms with Crippen LogP contribution in [0.4, 0.5) is 5.13 Å². The van der Waals surface area contributed by atoms with Crippen molar-refractivity contribution in [2.75, 3.05) is 11.9 Å². The van der Waals surface area contributed by atoms with E-state index in [1.165, 1.54) is 0 Å². The molecule has 7 heteroatoms. The summed E-state index contributed by atoms with van der Waals surface area (Å²) in [4.78, 5) is 19.9. The third-order valence-electron chi connectivity index (χ3n) is 2.68. The Labute approximate surface area is 121 Å². The third-order valence-corrected chi connectivity index (χ3v) is 3.32. The molecule has 0 radical (unpaired) electrons. The SMILES string of the molecule is CC[C@H](C)OCC(=O)Nc1nc(-c2ccncc2)ns1. The van der Waals surface area contributed by atoms with E-state index < -0.39 is 0 Å². The summed E-state index contributed by atoms with van der Waals surface area (Å²) in [5.74, 6) is 0.360. The molecule has 2 rings (SSSR count). The van der Waals surface area contributed by atoms with Crippen LogP contribution in [0.3, 0.4) is 0 Å². The minimum Gasteiger partial charge on any atom is -0.369 e. The van der Waals surface area contributed by atoms with Gasteiger partial charge in [0, 0.05) is 29.5 Å². The summed E-state index contributed by atoms with van der Waals surface area (Å²) in [6, 6.07) is 3.64. The Balaban J connectivity index is 1.91. The lowest BCUT2D eigenvalue weighted by Crippen LogP contribution is -2.21. The number of hydrogen-bond acceptors (Lipinski definition) is 6.